The van der Waals surface area contributed by atoms with Gasteiger partial charge in [0.25, 0.3) is 5.56 Å². The van der Waals surface area contributed by atoms with Crippen molar-refractivity contribution in [3.8, 4) is 17.3 Å². The van der Waals surface area contributed by atoms with Crippen LogP contribution in [0.4, 0.5) is 0 Å². The molecule has 7 heteroatoms. The fraction of sp³-hybridized carbons (Fsp3) is 0.0526. The van der Waals surface area contributed by atoms with Crippen molar-refractivity contribution in [1.29, 1.82) is 5.26 Å². The third-order valence-corrected chi connectivity index (χ3v) is 4.59. The summed E-state index contributed by atoms with van der Waals surface area (Å²) in [4.78, 5) is 30.6. The number of H-pyrrole nitrogens is 1. The number of primary amides is 1. The molecule has 3 aromatic rings. The summed E-state index contributed by atoms with van der Waals surface area (Å²) in [6.45, 7) is 0. The van der Waals surface area contributed by atoms with Crippen molar-refractivity contribution >= 4 is 17.7 Å². The summed E-state index contributed by atoms with van der Waals surface area (Å²) >= 11 is 1.31. The smallest absolute Gasteiger partial charge is 0.270 e. The second-order valence-electron chi connectivity index (χ2n) is 5.43. The molecule has 0 aliphatic heterocycles. The van der Waals surface area contributed by atoms with Gasteiger partial charge in [-0.15, -0.1) is 0 Å². The second-order valence-corrected chi connectivity index (χ2v) is 6.39. The Balaban J connectivity index is 1.91. The fourth-order valence-electron chi connectivity index (χ4n) is 2.40. The summed E-state index contributed by atoms with van der Waals surface area (Å²) in [5.41, 5.74) is 7.15. The van der Waals surface area contributed by atoms with Crippen molar-refractivity contribution in [3.63, 3.8) is 0 Å². The van der Waals surface area contributed by atoms with Gasteiger partial charge in [0.2, 0.25) is 5.91 Å². The predicted octanol–water partition coefficient (Wildman–Crippen LogP) is 2.70. The highest BCUT2D eigenvalue weighted by Gasteiger charge is 2.13. The van der Waals surface area contributed by atoms with Crippen molar-refractivity contribution in [2.75, 3.05) is 0 Å². The lowest BCUT2D eigenvalue weighted by Crippen LogP contribution is -2.14. The van der Waals surface area contributed by atoms with Crippen LogP contribution in [-0.2, 0) is 5.75 Å². The minimum Gasteiger partial charge on any atom is -0.366 e. The second kappa shape index (κ2) is 7.68. The number of carbonyl (C=O) groups is 1. The van der Waals surface area contributed by atoms with Crippen LogP contribution in [0.1, 0.15) is 21.5 Å². The van der Waals surface area contributed by atoms with Gasteiger partial charge in [-0.05, 0) is 17.7 Å². The lowest BCUT2D eigenvalue weighted by Gasteiger charge is -2.07. The maximum absolute atomic E-state index is 12.2. The molecule has 0 radical (unpaired) electrons. The Morgan fingerprint density at radius 1 is 1.19 bits per heavy atom. The summed E-state index contributed by atoms with van der Waals surface area (Å²) < 4.78 is 0. The van der Waals surface area contributed by atoms with Gasteiger partial charge < -0.3 is 10.7 Å². The standard InChI is InChI=1S/C19H14N4O2S/c20-10-15-16(13-6-2-1-3-7-13)22-19(23-18(15)25)26-11-12-5-4-8-14(9-12)17(21)24/h1-9H,11H2,(H2,21,24)(H,22,23,25). The number of benzene rings is 2. The van der Waals surface area contributed by atoms with Crippen LogP contribution < -0.4 is 11.3 Å². The molecule has 0 fully saturated rings. The van der Waals surface area contributed by atoms with Gasteiger partial charge in [0.05, 0.1) is 5.69 Å². The van der Waals surface area contributed by atoms with Crippen molar-refractivity contribution in [3.05, 3.63) is 81.6 Å². The first kappa shape index (κ1) is 17.5. The molecule has 6 nitrogen and oxygen atoms in total. The number of aromatic nitrogens is 2. The number of nitrogens with two attached hydrogens (primary N) is 1. The van der Waals surface area contributed by atoms with Crippen LogP contribution in [-0.4, -0.2) is 15.9 Å². The average Bonchev–Trinajstić information content (AvgIpc) is 2.67. The highest BCUT2D eigenvalue weighted by Crippen LogP contribution is 2.24. The summed E-state index contributed by atoms with van der Waals surface area (Å²) in [5.74, 6) is -0.00221. The van der Waals surface area contributed by atoms with E-state index in [4.69, 9.17) is 5.73 Å². The Hall–Kier alpha value is -3.37. The molecule has 128 valence electrons. The third-order valence-electron chi connectivity index (χ3n) is 3.64. The van der Waals surface area contributed by atoms with Crippen LogP contribution in [0.2, 0.25) is 0 Å². The zero-order valence-electron chi connectivity index (χ0n) is 13.6. The van der Waals surface area contributed by atoms with Crippen LogP contribution >= 0.6 is 11.8 Å². The first-order valence-electron chi connectivity index (χ1n) is 7.70. The van der Waals surface area contributed by atoms with Crippen LogP contribution in [0.3, 0.4) is 0 Å². The van der Waals surface area contributed by atoms with Gasteiger partial charge in [-0.2, -0.15) is 5.26 Å². The SMILES string of the molecule is N#Cc1c(-c2ccccc2)nc(SCc2cccc(C(N)=O)c2)[nH]c1=O. The molecule has 26 heavy (non-hydrogen) atoms. The summed E-state index contributed by atoms with van der Waals surface area (Å²) in [5, 5.41) is 9.68. The molecule has 1 amide bonds. The van der Waals surface area contributed by atoms with E-state index in [1.807, 2.05) is 30.3 Å². The topological polar surface area (TPSA) is 113 Å². The molecule has 0 aliphatic rings. The highest BCUT2D eigenvalue weighted by atomic mass is 32.2. The van der Waals surface area contributed by atoms with Gasteiger partial charge in [0, 0.05) is 16.9 Å². The molecular weight excluding hydrogens is 348 g/mol. The molecule has 0 bridgehead atoms. The quantitative estimate of drug-likeness (QED) is 0.535. The van der Waals surface area contributed by atoms with E-state index < -0.39 is 11.5 Å². The maximum Gasteiger partial charge on any atom is 0.270 e. The number of thioether (sulfide) groups is 1. The van der Waals surface area contributed by atoms with E-state index in [0.717, 1.165) is 5.56 Å². The normalized spacial score (nSPS) is 10.3. The molecule has 3 rings (SSSR count). The number of hydrogen-bond donors (Lipinski definition) is 2. The number of amides is 1. The van der Waals surface area contributed by atoms with Crippen LogP contribution in [0.5, 0.6) is 0 Å². The summed E-state index contributed by atoms with van der Waals surface area (Å²) in [6.07, 6.45) is 0. The highest BCUT2D eigenvalue weighted by molar-refractivity contribution is 7.98. The Morgan fingerprint density at radius 3 is 2.65 bits per heavy atom. The van der Waals surface area contributed by atoms with Crippen LogP contribution in [0.25, 0.3) is 11.3 Å². The predicted molar refractivity (Wildman–Crippen MR) is 99.5 cm³/mol. The number of nitrogens with one attached hydrogen (secondary N) is 1. The van der Waals surface area contributed by atoms with Gasteiger partial charge in [-0.25, -0.2) is 4.98 Å². The van der Waals surface area contributed by atoms with E-state index in [1.54, 1.807) is 30.3 Å². The van der Waals surface area contributed by atoms with Crippen LogP contribution in [0.15, 0.2) is 64.5 Å². The first-order chi connectivity index (χ1) is 12.6. The van der Waals surface area contributed by atoms with Crippen LogP contribution in [0, 0.1) is 11.3 Å². The number of rotatable bonds is 5. The van der Waals surface area contributed by atoms with E-state index in [9.17, 15) is 14.9 Å². The number of carbonyl (C=O) groups excluding carboxylic acids is 1. The molecule has 3 N–H and O–H groups in total. The number of hydrogen-bond acceptors (Lipinski definition) is 5. The van der Waals surface area contributed by atoms with Crippen molar-refractivity contribution in [2.45, 2.75) is 10.9 Å². The van der Waals surface area contributed by atoms with Gasteiger partial charge in [-0.1, -0.05) is 54.2 Å². The Labute approximate surface area is 153 Å². The van der Waals surface area contributed by atoms with Gasteiger partial charge >= 0.3 is 0 Å². The van der Waals surface area contributed by atoms with E-state index in [2.05, 4.69) is 9.97 Å². The maximum atomic E-state index is 12.2. The minimum absolute atomic E-state index is 0.0173. The lowest BCUT2D eigenvalue weighted by molar-refractivity contribution is 0.1000. The molecule has 0 spiro atoms. The molecule has 2 aromatic carbocycles. The Kier molecular flexibility index (Phi) is 5.15. The van der Waals surface area contributed by atoms with E-state index in [-0.39, 0.29) is 5.56 Å². The number of aromatic amines is 1. The average molecular weight is 362 g/mol. The number of nitriles is 1. The van der Waals surface area contributed by atoms with E-state index >= 15 is 0 Å². The molecule has 1 heterocycles. The Morgan fingerprint density at radius 2 is 1.96 bits per heavy atom. The van der Waals surface area contributed by atoms with Crippen molar-refractivity contribution in [2.24, 2.45) is 5.73 Å². The van der Waals surface area contributed by atoms with E-state index in [1.165, 1.54) is 11.8 Å². The van der Waals surface area contributed by atoms with Crippen molar-refractivity contribution in [1.82, 2.24) is 9.97 Å². The molecule has 0 saturated heterocycles. The monoisotopic (exact) mass is 362 g/mol. The molecule has 0 unspecified atom stereocenters. The first-order valence-corrected chi connectivity index (χ1v) is 8.68. The largest absolute Gasteiger partial charge is 0.366 e. The molecular formula is C19H14N4O2S. The zero-order valence-corrected chi connectivity index (χ0v) is 14.4. The van der Waals surface area contributed by atoms with Gasteiger partial charge in [0.1, 0.15) is 11.6 Å². The summed E-state index contributed by atoms with van der Waals surface area (Å²) in [7, 11) is 0. The van der Waals surface area contributed by atoms with E-state index in [0.29, 0.717) is 27.7 Å². The van der Waals surface area contributed by atoms with Gasteiger partial charge in [-0.3, -0.25) is 9.59 Å². The fourth-order valence-corrected chi connectivity index (χ4v) is 3.20. The zero-order chi connectivity index (χ0) is 18.5. The van der Waals surface area contributed by atoms with Gasteiger partial charge in [0.15, 0.2) is 5.16 Å². The number of nitrogens with zero attached hydrogens (tertiary/aromatic N) is 2. The Bertz CT molecular complexity index is 1060. The lowest BCUT2D eigenvalue weighted by atomic mass is 10.1. The minimum atomic E-state index is -0.492. The molecule has 0 saturated carbocycles. The molecule has 0 aliphatic carbocycles. The summed E-state index contributed by atoms with van der Waals surface area (Å²) in [6, 6.07) is 18.0. The molecule has 0 atom stereocenters. The van der Waals surface area contributed by atoms with Crippen molar-refractivity contribution < 1.29 is 4.79 Å². The molecule has 1 aromatic heterocycles. The third kappa shape index (κ3) is 3.82.